The largest absolute Gasteiger partial charge is 0.481 e. The van der Waals surface area contributed by atoms with E-state index in [1.165, 1.54) is 121 Å². The van der Waals surface area contributed by atoms with Crippen LogP contribution in [0.1, 0.15) is 220 Å². The summed E-state index contributed by atoms with van der Waals surface area (Å²) in [6.07, 6.45) is 24.7. The molecule has 402 valence electrons. The first kappa shape index (κ1) is 62.9. The van der Waals surface area contributed by atoms with Gasteiger partial charge in [-0.1, -0.05) is 188 Å². The van der Waals surface area contributed by atoms with E-state index in [0.717, 1.165) is 67.8 Å². The predicted molar refractivity (Wildman–Crippen MR) is 266 cm³/mol. The number of aromatic nitrogens is 2. The van der Waals surface area contributed by atoms with Crippen molar-refractivity contribution < 1.29 is 66.3 Å². The first-order chi connectivity index (χ1) is 32.9. The van der Waals surface area contributed by atoms with Crippen molar-refractivity contribution in [3.05, 3.63) is 22.7 Å². The third kappa shape index (κ3) is 30.4. The lowest BCUT2D eigenvalue weighted by molar-refractivity contribution is -0.161. The number of carbonyl (C=O) groups is 2. The van der Waals surface area contributed by atoms with Crippen LogP contribution in [0.3, 0.4) is 0 Å². The first-order valence-electron chi connectivity index (χ1n) is 26.3. The molecular formula is C49H91N3O15P2. The van der Waals surface area contributed by atoms with E-state index < -0.39 is 83.7 Å². The smallest absolute Gasteiger partial charge is 0.462 e. The number of phosphoric ester groups is 2. The maximum absolute atomic E-state index is 12.9. The molecule has 1 saturated heterocycles. The van der Waals surface area contributed by atoms with Crippen LogP contribution >= 0.6 is 15.6 Å². The number of nitrogens with two attached hydrogens (primary N) is 1. The minimum Gasteiger partial charge on any atom is -0.462 e. The van der Waals surface area contributed by atoms with Gasteiger partial charge in [-0.2, -0.15) is 9.29 Å². The summed E-state index contributed by atoms with van der Waals surface area (Å²) in [6.45, 7) is 6.83. The predicted octanol–water partition coefficient (Wildman–Crippen LogP) is 10.8. The number of aliphatic hydroxyl groups excluding tert-OH is 2. The van der Waals surface area contributed by atoms with Crippen LogP contribution in [-0.4, -0.2) is 85.7 Å². The van der Waals surface area contributed by atoms with Gasteiger partial charge in [0.05, 0.1) is 13.2 Å². The lowest BCUT2D eigenvalue weighted by Gasteiger charge is -2.21. The number of hydrogen-bond acceptors (Lipinski definition) is 15. The van der Waals surface area contributed by atoms with E-state index in [4.69, 9.17) is 29.0 Å². The number of aliphatic hydroxyl groups is 2. The van der Waals surface area contributed by atoms with Gasteiger partial charge in [-0.15, -0.1) is 0 Å². The van der Waals surface area contributed by atoms with Crippen molar-refractivity contribution in [1.82, 2.24) is 9.55 Å². The molecule has 0 aliphatic carbocycles. The highest BCUT2D eigenvalue weighted by Gasteiger charge is 2.46. The number of esters is 2. The van der Waals surface area contributed by atoms with E-state index >= 15 is 0 Å². The van der Waals surface area contributed by atoms with Gasteiger partial charge in [0.25, 0.3) is 0 Å². The molecular weight excluding hydrogens is 932 g/mol. The molecule has 8 atom stereocenters. The molecule has 69 heavy (non-hydrogen) atoms. The molecule has 2 rings (SSSR count). The summed E-state index contributed by atoms with van der Waals surface area (Å²) in [7, 11) is -10.8. The second kappa shape index (κ2) is 36.6. The molecule has 4 unspecified atom stereocenters. The Bertz CT molecular complexity index is 1690. The number of rotatable bonds is 43. The summed E-state index contributed by atoms with van der Waals surface area (Å²) in [6, 6.07) is 1.25. The normalized spacial score (nSPS) is 19.8. The van der Waals surface area contributed by atoms with Gasteiger partial charge in [0.1, 0.15) is 30.7 Å². The van der Waals surface area contributed by atoms with Gasteiger partial charge in [0.15, 0.2) is 12.3 Å². The monoisotopic (exact) mass is 1020 g/mol. The van der Waals surface area contributed by atoms with Gasteiger partial charge in [-0.3, -0.25) is 23.2 Å². The minimum absolute atomic E-state index is 0.0559. The molecule has 20 heteroatoms. The zero-order valence-electron chi connectivity index (χ0n) is 42.5. The molecule has 1 aliphatic rings. The fraction of sp³-hybridized carbons (Fsp3) is 0.878. The molecule has 18 nitrogen and oxygen atoms in total. The number of anilines is 1. The number of phosphoric acid groups is 2. The SMILES string of the molecule is CCC(C)CCCCCCCCCCCCC(=O)O[C@H](COC(=O)CCCCCCCCCCCCCCCCC(C)C)COP(=O)(O)OP(=O)(O)OC[C@H]1O[C@@H](n2ccc(N)nc2=O)C(O)[C@H]1O. The molecule has 0 saturated carbocycles. The van der Waals surface area contributed by atoms with Crippen LogP contribution in [0.4, 0.5) is 5.82 Å². The van der Waals surface area contributed by atoms with E-state index in [9.17, 15) is 43.5 Å². The van der Waals surface area contributed by atoms with Crippen molar-refractivity contribution in [2.75, 3.05) is 25.6 Å². The lowest BCUT2D eigenvalue weighted by atomic mass is 9.99. The highest BCUT2D eigenvalue weighted by atomic mass is 31.3. The number of ether oxygens (including phenoxy) is 3. The number of nitrogens with zero attached hydrogens (tertiary/aromatic N) is 2. The van der Waals surface area contributed by atoms with Crippen molar-refractivity contribution in [2.24, 2.45) is 11.8 Å². The Balaban J connectivity index is 1.78. The highest BCUT2D eigenvalue weighted by molar-refractivity contribution is 7.61. The standard InChI is InChI=1S/C49H91N3O15P2/c1-5-40(4)31-27-23-19-15-12-13-17-21-25-29-33-45(54)65-41(36-62-44(53)32-28-24-20-16-11-9-7-6-8-10-14-18-22-26-30-39(2)3)37-63-68(58,59)67-69(60,61)64-38-42-46(55)47(56)48(66-42)52-35-34-43(50)51-49(52)57/h34-35,39-42,46-48,55-56H,5-33,36-38H2,1-4H3,(H,58,59)(H,60,61)(H2,50,51,57)/t40?,41-,42-,46+,47?,48-/m1/s1. The van der Waals surface area contributed by atoms with E-state index in [-0.39, 0.29) is 18.7 Å². The van der Waals surface area contributed by atoms with Gasteiger partial charge in [0.2, 0.25) is 0 Å². The van der Waals surface area contributed by atoms with E-state index in [1.807, 2.05) is 0 Å². The average Bonchev–Trinajstić information content (AvgIpc) is 3.57. The Labute approximate surface area is 412 Å². The van der Waals surface area contributed by atoms with Crippen molar-refractivity contribution >= 4 is 33.4 Å². The summed E-state index contributed by atoms with van der Waals surface area (Å²) in [5.41, 5.74) is 4.59. The fourth-order valence-electron chi connectivity index (χ4n) is 8.18. The molecule has 0 amide bonds. The zero-order chi connectivity index (χ0) is 50.9. The van der Waals surface area contributed by atoms with Crippen LogP contribution in [0.2, 0.25) is 0 Å². The first-order valence-corrected chi connectivity index (χ1v) is 29.3. The third-order valence-corrected chi connectivity index (χ3v) is 15.3. The van der Waals surface area contributed by atoms with Gasteiger partial charge < -0.3 is 39.9 Å². The summed E-state index contributed by atoms with van der Waals surface area (Å²) in [5, 5.41) is 20.9. The Kier molecular flexibility index (Phi) is 33.4. The molecule has 0 aromatic carbocycles. The Morgan fingerprint density at radius 1 is 0.696 bits per heavy atom. The second-order valence-electron chi connectivity index (χ2n) is 19.5. The van der Waals surface area contributed by atoms with Crippen LogP contribution in [0.25, 0.3) is 0 Å². The van der Waals surface area contributed by atoms with Crippen molar-refractivity contribution in [3.63, 3.8) is 0 Å². The van der Waals surface area contributed by atoms with Crippen LogP contribution < -0.4 is 11.4 Å². The summed E-state index contributed by atoms with van der Waals surface area (Å²) in [5.74, 6) is 0.319. The Hall–Kier alpha value is -2.24. The molecule has 0 radical (unpaired) electrons. The van der Waals surface area contributed by atoms with Crippen LogP contribution in [-0.2, 0) is 46.3 Å². The van der Waals surface area contributed by atoms with Crippen molar-refractivity contribution in [3.8, 4) is 0 Å². The maximum atomic E-state index is 12.9. The van der Waals surface area contributed by atoms with Crippen LogP contribution in [0, 0.1) is 11.8 Å². The molecule has 1 aliphatic heterocycles. The quantitative estimate of drug-likeness (QED) is 0.0231. The number of unbranched alkanes of at least 4 members (excludes halogenated alkanes) is 22. The van der Waals surface area contributed by atoms with E-state index in [0.29, 0.717) is 12.8 Å². The number of nitrogen functional groups attached to an aromatic ring is 1. The minimum atomic E-state index is -5.42. The Morgan fingerprint density at radius 2 is 1.16 bits per heavy atom. The van der Waals surface area contributed by atoms with Crippen molar-refractivity contribution in [2.45, 2.75) is 245 Å². The summed E-state index contributed by atoms with van der Waals surface area (Å²) < 4.78 is 56.9. The van der Waals surface area contributed by atoms with Crippen LogP contribution in [0.15, 0.2) is 17.1 Å². The average molecular weight is 1020 g/mol. The molecule has 1 fully saturated rings. The van der Waals surface area contributed by atoms with Gasteiger partial charge >= 0.3 is 33.3 Å². The molecule has 0 bridgehead atoms. The van der Waals surface area contributed by atoms with Gasteiger partial charge in [-0.05, 0) is 30.7 Å². The molecule has 2 heterocycles. The lowest BCUT2D eigenvalue weighted by Crippen LogP contribution is -2.36. The topological polar surface area (TPSA) is 265 Å². The number of hydrogen-bond donors (Lipinski definition) is 5. The Morgan fingerprint density at radius 3 is 1.65 bits per heavy atom. The zero-order valence-corrected chi connectivity index (χ0v) is 44.3. The van der Waals surface area contributed by atoms with Gasteiger partial charge in [-0.25, -0.2) is 13.9 Å². The molecule has 6 N–H and O–H groups in total. The third-order valence-electron chi connectivity index (χ3n) is 12.7. The molecule has 0 spiro atoms. The molecule has 1 aromatic rings. The second-order valence-corrected chi connectivity index (χ2v) is 22.5. The molecule has 1 aromatic heterocycles. The summed E-state index contributed by atoms with van der Waals surface area (Å²) in [4.78, 5) is 61.9. The van der Waals surface area contributed by atoms with Gasteiger partial charge in [0, 0.05) is 19.0 Å². The van der Waals surface area contributed by atoms with Crippen molar-refractivity contribution in [1.29, 1.82) is 0 Å². The van der Waals surface area contributed by atoms with E-state index in [1.54, 1.807) is 0 Å². The fourth-order valence-corrected chi connectivity index (χ4v) is 10.3. The maximum Gasteiger partial charge on any atom is 0.481 e. The number of carbonyl (C=O) groups excluding carboxylic acids is 2. The van der Waals surface area contributed by atoms with E-state index in [2.05, 4.69) is 37.0 Å². The summed E-state index contributed by atoms with van der Waals surface area (Å²) >= 11 is 0. The highest BCUT2D eigenvalue weighted by Crippen LogP contribution is 2.60. The van der Waals surface area contributed by atoms with Crippen LogP contribution in [0.5, 0.6) is 0 Å².